The van der Waals surface area contributed by atoms with E-state index in [1.54, 1.807) is 0 Å². The summed E-state index contributed by atoms with van der Waals surface area (Å²) in [5.74, 6) is 0. The predicted molar refractivity (Wildman–Crippen MR) is 58.3 cm³/mol. The second-order valence-corrected chi connectivity index (χ2v) is 5.85. The largest absolute Gasteiger partial charge is 0.235 e. The van der Waals surface area contributed by atoms with Gasteiger partial charge in [-0.05, 0) is 0 Å². The molecule has 1 aliphatic rings. The Morgan fingerprint density at radius 3 is 2.36 bits per heavy atom. The highest BCUT2D eigenvalue weighted by atomic mass is 35.5. The number of hydrogen-bond acceptors (Lipinski definition) is 4. The molecule has 0 aromatic carbocycles. The van der Waals surface area contributed by atoms with Gasteiger partial charge in [0.25, 0.3) is 0 Å². The topological polar surface area (TPSA) is 49.7 Å². The van der Waals surface area contributed by atoms with Crippen LogP contribution in [0.4, 0.5) is 0 Å². The second-order valence-electron chi connectivity index (χ2n) is 2.43. The molecule has 9 heteroatoms. The van der Waals surface area contributed by atoms with Gasteiger partial charge < -0.3 is 0 Å². The molecule has 0 amide bonds. The van der Waals surface area contributed by atoms with Gasteiger partial charge in [0.1, 0.15) is 10.2 Å². The van der Waals surface area contributed by atoms with Crippen molar-refractivity contribution in [3.8, 4) is 0 Å². The Morgan fingerprint density at radius 2 is 1.93 bits per heavy atom. The van der Waals surface area contributed by atoms with Gasteiger partial charge in [-0.1, -0.05) is 34.8 Å². The van der Waals surface area contributed by atoms with Gasteiger partial charge in [0.15, 0.2) is 14.9 Å². The number of nitrogens with zero attached hydrogens (tertiary/aromatic N) is 2. The van der Waals surface area contributed by atoms with Crippen molar-refractivity contribution in [3.05, 3.63) is 10.2 Å². The lowest BCUT2D eigenvalue weighted by molar-refractivity contribution is 0.546. The van der Waals surface area contributed by atoms with Gasteiger partial charge in [-0.15, -0.1) is 0 Å². The first-order valence-corrected chi connectivity index (χ1v) is 6.60. The molecule has 0 aromatic heterocycles. The van der Waals surface area contributed by atoms with Crippen molar-refractivity contribution in [2.24, 2.45) is 4.99 Å². The van der Waals surface area contributed by atoms with Crippen molar-refractivity contribution < 1.29 is 8.42 Å². The van der Waals surface area contributed by atoms with Gasteiger partial charge in [0.2, 0.25) is 5.62 Å². The molecule has 4 nitrogen and oxygen atoms in total. The van der Waals surface area contributed by atoms with Gasteiger partial charge in [0.05, 0.1) is 0 Å². The summed E-state index contributed by atoms with van der Waals surface area (Å²) in [6.07, 6.45) is 0.950. The standard InChI is InChI=1S/C5H4Cl4N2O2S/c1-14(12,13)4-2(6)3(7)11(9)5(8)10-4/h5H,1H3. The summed E-state index contributed by atoms with van der Waals surface area (Å²) < 4.78 is 23.2. The summed E-state index contributed by atoms with van der Waals surface area (Å²) in [5, 5.41) is -0.758. The lowest BCUT2D eigenvalue weighted by Gasteiger charge is -2.23. The third-order valence-electron chi connectivity index (χ3n) is 1.32. The van der Waals surface area contributed by atoms with Crippen LogP contribution in [-0.4, -0.2) is 29.8 Å². The summed E-state index contributed by atoms with van der Waals surface area (Å²) >= 11 is 22.4. The number of hydrogen-bond donors (Lipinski definition) is 0. The molecule has 80 valence electrons. The molecule has 1 heterocycles. The second kappa shape index (κ2) is 4.06. The van der Waals surface area contributed by atoms with Crippen molar-refractivity contribution in [2.75, 3.05) is 6.26 Å². The van der Waals surface area contributed by atoms with E-state index in [0.717, 1.165) is 10.7 Å². The van der Waals surface area contributed by atoms with Crippen LogP contribution in [0.25, 0.3) is 0 Å². The zero-order valence-corrected chi connectivity index (χ0v) is 10.5. The number of alkyl halides is 1. The predicted octanol–water partition coefficient (Wildman–Crippen LogP) is 2.07. The molecule has 0 fully saturated rings. The molecule has 0 aliphatic carbocycles. The Balaban J connectivity index is 3.30. The SMILES string of the molecule is CS(=O)(=O)C1=NC(Cl)N(Cl)C(Cl)=C1Cl. The fourth-order valence-electron chi connectivity index (χ4n) is 0.738. The van der Waals surface area contributed by atoms with Gasteiger partial charge in [0, 0.05) is 18.0 Å². The van der Waals surface area contributed by atoms with Crippen molar-refractivity contribution in [1.29, 1.82) is 0 Å². The Morgan fingerprint density at radius 1 is 1.43 bits per heavy atom. The minimum Gasteiger partial charge on any atom is -0.235 e. The lowest BCUT2D eigenvalue weighted by Crippen LogP contribution is -2.29. The van der Waals surface area contributed by atoms with E-state index >= 15 is 0 Å². The van der Waals surface area contributed by atoms with E-state index in [1.165, 1.54) is 0 Å². The first kappa shape index (κ1) is 12.4. The van der Waals surface area contributed by atoms with Crippen LogP contribution in [0.5, 0.6) is 0 Å². The molecule has 0 radical (unpaired) electrons. The van der Waals surface area contributed by atoms with Crippen LogP contribution in [0.3, 0.4) is 0 Å². The number of rotatable bonds is 0. The number of halogens is 4. The quantitative estimate of drug-likeness (QED) is 0.391. The van der Waals surface area contributed by atoms with E-state index < -0.39 is 15.5 Å². The fraction of sp³-hybridized carbons (Fsp3) is 0.400. The van der Waals surface area contributed by atoms with Crippen LogP contribution in [0.1, 0.15) is 0 Å². The molecule has 0 bridgehead atoms. The minimum absolute atomic E-state index is 0.163. The Bertz CT molecular complexity index is 415. The molecule has 1 aliphatic heterocycles. The van der Waals surface area contributed by atoms with Crippen molar-refractivity contribution in [2.45, 2.75) is 5.62 Å². The minimum atomic E-state index is -3.56. The average molecular weight is 298 g/mol. The van der Waals surface area contributed by atoms with Crippen molar-refractivity contribution >= 4 is 61.5 Å². The maximum absolute atomic E-state index is 11.2. The zero-order chi connectivity index (χ0) is 11.1. The molecule has 1 unspecified atom stereocenters. The molecule has 0 N–H and O–H groups in total. The maximum Gasteiger partial charge on any atom is 0.213 e. The molecule has 14 heavy (non-hydrogen) atoms. The molecule has 0 saturated carbocycles. The van der Waals surface area contributed by atoms with Gasteiger partial charge in [-0.3, -0.25) is 0 Å². The number of sulfone groups is 1. The van der Waals surface area contributed by atoms with Crippen LogP contribution < -0.4 is 0 Å². The smallest absolute Gasteiger partial charge is 0.213 e. The van der Waals surface area contributed by atoms with Crippen LogP contribution in [0, 0.1) is 0 Å². The molecule has 0 spiro atoms. The molecule has 0 aromatic rings. The summed E-state index contributed by atoms with van der Waals surface area (Å²) in [7, 11) is -3.56. The van der Waals surface area contributed by atoms with Gasteiger partial charge in [-0.2, -0.15) is 0 Å². The zero-order valence-electron chi connectivity index (χ0n) is 6.71. The van der Waals surface area contributed by atoms with Crippen LogP contribution >= 0.6 is 46.6 Å². The molecule has 0 saturated heterocycles. The Labute approximate surface area is 101 Å². The third-order valence-corrected chi connectivity index (χ3v) is 4.10. The monoisotopic (exact) mass is 296 g/mol. The van der Waals surface area contributed by atoms with E-state index in [1.807, 2.05) is 0 Å². The average Bonchev–Trinajstić information content (AvgIpc) is 2.06. The lowest BCUT2D eigenvalue weighted by atomic mass is 10.6. The maximum atomic E-state index is 11.2. The van der Waals surface area contributed by atoms with Gasteiger partial charge in [-0.25, -0.2) is 17.8 Å². The van der Waals surface area contributed by atoms with Crippen molar-refractivity contribution in [3.63, 3.8) is 0 Å². The summed E-state index contributed by atoms with van der Waals surface area (Å²) in [6, 6.07) is 0. The number of aliphatic imine (C=N–C) groups is 1. The summed E-state index contributed by atoms with van der Waals surface area (Å²) in [5.41, 5.74) is -1.09. The van der Waals surface area contributed by atoms with Crippen molar-refractivity contribution in [1.82, 2.24) is 4.42 Å². The molecular weight excluding hydrogens is 294 g/mol. The molecular formula is C5H4Cl4N2O2S. The van der Waals surface area contributed by atoms with Crippen LogP contribution in [0.2, 0.25) is 0 Å². The first-order valence-electron chi connectivity index (χ1n) is 3.17. The Kier molecular flexibility index (Phi) is 3.59. The van der Waals surface area contributed by atoms with E-state index in [-0.39, 0.29) is 15.2 Å². The summed E-state index contributed by atoms with van der Waals surface area (Å²) in [6.45, 7) is 0. The van der Waals surface area contributed by atoms with E-state index in [2.05, 4.69) is 4.99 Å². The normalized spacial score (nSPS) is 23.9. The molecule has 1 rings (SSSR count). The first-order chi connectivity index (χ1) is 6.25. The highest BCUT2D eigenvalue weighted by Crippen LogP contribution is 2.32. The highest BCUT2D eigenvalue weighted by molar-refractivity contribution is 8.06. The fourth-order valence-corrected chi connectivity index (χ4v) is 2.72. The summed E-state index contributed by atoms with van der Waals surface area (Å²) in [4.78, 5) is 3.58. The Hall–Kier alpha value is 0.320. The van der Waals surface area contributed by atoms with E-state index in [0.29, 0.717) is 0 Å². The highest BCUT2D eigenvalue weighted by Gasteiger charge is 2.31. The van der Waals surface area contributed by atoms with E-state index in [4.69, 9.17) is 46.6 Å². The third kappa shape index (κ3) is 2.28. The van der Waals surface area contributed by atoms with Gasteiger partial charge >= 0.3 is 0 Å². The van der Waals surface area contributed by atoms with E-state index in [9.17, 15) is 8.42 Å². The van der Waals surface area contributed by atoms with Crippen LogP contribution in [-0.2, 0) is 9.84 Å². The molecule has 1 atom stereocenters. The van der Waals surface area contributed by atoms with Crippen LogP contribution in [0.15, 0.2) is 15.2 Å².